The van der Waals surface area contributed by atoms with Gasteiger partial charge in [-0.1, -0.05) is 0 Å². The second kappa shape index (κ2) is 4.89. The van der Waals surface area contributed by atoms with E-state index in [0.717, 1.165) is 0 Å². The van der Waals surface area contributed by atoms with Gasteiger partial charge in [-0.2, -0.15) is 0 Å². The molecule has 1 N–H and O–H groups in total. The Bertz CT molecular complexity index is 343. The van der Waals surface area contributed by atoms with Gasteiger partial charge in [0.2, 0.25) is 0 Å². The summed E-state index contributed by atoms with van der Waals surface area (Å²) in [6.45, 7) is 0.211. The second-order valence-electron chi connectivity index (χ2n) is 2.59. The molecular weight excluding hydrogens is 324 g/mol. The lowest BCUT2D eigenvalue weighted by Gasteiger charge is -2.05. The second-order valence-corrected chi connectivity index (χ2v) is 3.86. The largest absolute Gasteiger partial charge is 0.390 e. The number of alkyl halides is 1. The van der Waals surface area contributed by atoms with Crippen LogP contribution in [-0.4, -0.2) is 31.6 Å². The molecule has 0 spiro atoms. The molecule has 0 aliphatic rings. The van der Waals surface area contributed by atoms with E-state index in [2.05, 4.69) is 4.98 Å². The van der Waals surface area contributed by atoms with Gasteiger partial charge in [-0.3, -0.25) is 4.57 Å². The molecule has 1 rings (SSSR count). The monoisotopic (exact) mass is 331 g/mol. The summed E-state index contributed by atoms with van der Waals surface area (Å²) in [5, 5.41) is 19.6. The highest BCUT2D eigenvalue weighted by molar-refractivity contribution is 14.1. The molecule has 0 aliphatic carbocycles. The smallest absolute Gasteiger partial charge is 0.382 e. The van der Waals surface area contributed by atoms with E-state index in [0.29, 0.717) is 3.83 Å². The van der Waals surface area contributed by atoms with Crippen LogP contribution in [0.4, 0.5) is 5.82 Å². The molecule has 0 saturated carbocycles. The van der Waals surface area contributed by atoms with Gasteiger partial charge in [-0.25, -0.2) is 0 Å². The fourth-order valence-corrected chi connectivity index (χ4v) is 1.55. The minimum absolute atomic E-state index is 0.0854. The Balaban J connectivity index is 2.82. The number of rotatable bonds is 4. The van der Waals surface area contributed by atoms with Crippen LogP contribution in [0, 0.1) is 13.9 Å². The van der Waals surface area contributed by atoms with Crippen LogP contribution in [0.1, 0.15) is 0 Å². The molecule has 0 aromatic carbocycles. The average molecular weight is 331 g/mol. The molecule has 0 amide bonds. The number of nitrogens with zero attached hydrogens (tertiary/aromatic N) is 3. The topological polar surface area (TPSA) is 81.2 Å². The lowest BCUT2D eigenvalue weighted by Crippen LogP contribution is -2.17. The van der Waals surface area contributed by atoms with E-state index in [-0.39, 0.29) is 18.2 Å². The Morgan fingerprint density at radius 1 is 1.86 bits per heavy atom. The van der Waals surface area contributed by atoms with E-state index in [1.165, 1.54) is 10.8 Å². The van der Waals surface area contributed by atoms with Crippen molar-refractivity contribution in [3.05, 3.63) is 20.1 Å². The summed E-state index contributed by atoms with van der Waals surface area (Å²) in [6.07, 6.45) is 0.552. The van der Waals surface area contributed by atoms with Crippen LogP contribution in [0.15, 0.2) is 6.20 Å². The number of aliphatic hydroxyl groups excluding tert-OH is 1. The first-order chi connectivity index (χ1) is 6.54. The first-order valence-electron chi connectivity index (χ1n) is 3.65. The van der Waals surface area contributed by atoms with Gasteiger partial charge in [0.05, 0.1) is 18.5 Å². The SMILES string of the molecule is O=[N+]([O-])c1cn(CC(O)CCl)c(I)n1. The highest BCUT2D eigenvalue weighted by Crippen LogP contribution is 2.13. The molecule has 1 unspecified atom stereocenters. The number of hydrogen-bond donors (Lipinski definition) is 1. The zero-order valence-corrected chi connectivity index (χ0v) is 9.84. The molecule has 1 heterocycles. The summed E-state index contributed by atoms with van der Waals surface area (Å²) < 4.78 is 1.95. The van der Waals surface area contributed by atoms with Gasteiger partial charge in [0.15, 0.2) is 0 Å². The first kappa shape index (κ1) is 11.7. The predicted octanol–water partition coefficient (Wildman–Crippen LogP) is 0.996. The summed E-state index contributed by atoms with van der Waals surface area (Å²) in [5.74, 6) is -0.140. The number of imidazole rings is 1. The van der Waals surface area contributed by atoms with E-state index in [4.69, 9.17) is 11.6 Å². The maximum atomic E-state index is 10.4. The maximum absolute atomic E-state index is 10.4. The van der Waals surface area contributed by atoms with E-state index in [9.17, 15) is 15.2 Å². The molecule has 0 bridgehead atoms. The highest BCUT2D eigenvalue weighted by atomic mass is 127. The van der Waals surface area contributed by atoms with E-state index >= 15 is 0 Å². The van der Waals surface area contributed by atoms with Gasteiger partial charge in [-0.05, 0) is 9.91 Å². The molecule has 0 radical (unpaired) electrons. The Labute approximate surface area is 98.2 Å². The number of aromatic nitrogens is 2. The van der Waals surface area contributed by atoms with Crippen molar-refractivity contribution in [3.8, 4) is 0 Å². The zero-order valence-electron chi connectivity index (χ0n) is 6.93. The predicted molar refractivity (Wildman–Crippen MR) is 58.3 cm³/mol. The van der Waals surface area contributed by atoms with Crippen LogP contribution in [0.25, 0.3) is 0 Å². The number of nitro groups is 1. The van der Waals surface area contributed by atoms with E-state index in [1.54, 1.807) is 0 Å². The van der Waals surface area contributed by atoms with Gasteiger partial charge >= 0.3 is 5.82 Å². The van der Waals surface area contributed by atoms with Gasteiger partial charge in [0.25, 0.3) is 3.83 Å². The molecule has 1 atom stereocenters. The Hall–Kier alpha value is -0.410. The van der Waals surface area contributed by atoms with Crippen LogP contribution in [0.3, 0.4) is 0 Å². The fourth-order valence-electron chi connectivity index (χ4n) is 0.872. The summed E-state index contributed by atoms with van der Waals surface area (Å²) in [7, 11) is 0. The van der Waals surface area contributed by atoms with E-state index < -0.39 is 11.0 Å². The summed E-state index contributed by atoms with van der Waals surface area (Å²) in [5.41, 5.74) is 0. The van der Waals surface area contributed by atoms with Crippen LogP contribution < -0.4 is 0 Å². The third-order valence-corrected chi connectivity index (χ3v) is 2.70. The molecule has 14 heavy (non-hydrogen) atoms. The fraction of sp³-hybridized carbons (Fsp3) is 0.500. The molecule has 1 aromatic rings. The van der Waals surface area contributed by atoms with Crippen LogP contribution in [0.2, 0.25) is 0 Å². The van der Waals surface area contributed by atoms with Crippen molar-refractivity contribution < 1.29 is 10.0 Å². The van der Waals surface area contributed by atoms with Gasteiger partial charge in [0.1, 0.15) is 6.20 Å². The third-order valence-electron chi connectivity index (χ3n) is 1.49. The zero-order chi connectivity index (χ0) is 10.7. The van der Waals surface area contributed by atoms with Gasteiger partial charge < -0.3 is 15.2 Å². The average Bonchev–Trinajstić information content (AvgIpc) is 2.48. The van der Waals surface area contributed by atoms with Crippen LogP contribution >= 0.6 is 34.2 Å². The normalized spacial score (nSPS) is 12.8. The van der Waals surface area contributed by atoms with Crippen LogP contribution in [0.5, 0.6) is 0 Å². The summed E-state index contributed by atoms with van der Waals surface area (Å²) >= 11 is 7.26. The Morgan fingerprint density at radius 2 is 2.50 bits per heavy atom. The van der Waals surface area contributed by atoms with E-state index in [1.807, 2.05) is 22.6 Å². The van der Waals surface area contributed by atoms with Crippen molar-refractivity contribution in [1.82, 2.24) is 9.55 Å². The highest BCUT2D eigenvalue weighted by Gasteiger charge is 2.17. The number of hydrogen-bond acceptors (Lipinski definition) is 4. The molecule has 0 fully saturated rings. The maximum Gasteiger partial charge on any atom is 0.382 e. The molecule has 0 saturated heterocycles. The standard InChI is InChI=1S/C6H7ClIN3O3/c7-1-4(12)2-10-3-5(11(13)14)9-6(10)8/h3-4,12H,1-2H2. The van der Waals surface area contributed by atoms with Gasteiger partial charge in [-0.15, -0.1) is 11.6 Å². The quantitative estimate of drug-likeness (QED) is 0.386. The third kappa shape index (κ3) is 2.79. The lowest BCUT2D eigenvalue weighted by atomic mass is 10.4. The lowest BCUT2D eigenvalue weighted by molar-refractivity contribution is -0.389. The summed E-state index contributed by atoms with van der Waals surface area (Å²) in [4.78, 5) is 13.5. The van der Waals surface area contributed by atoms with Crippen molar-refractivity contribution in [2.45, 2.75) is 12.6 Å². The Morgan fingerprint density at radius 3 is 2.93 bits per heavy atom. The molecule has 78 valence electrons. The van der Waals surface area contributed by atoms with Crippen molar-refractivity contribution in [2.24, 2.45) is 0 Å². The molecule has 1 aromatic heterocycles. The van der Waals surface area contributed by atoms with Crippen molar-refractivity contribution >= 4 is 40.0 Å². The molecule has 8 heteroatoms. The van der Waals surface area contributed by atoms with Crippen molar-refractivity contribution in [2.75, 3.05) is 5.88 Å². The minimum atomic E-state index is -0.723. The number of halogens is 2. The molecule has 0 aliphatic heterocycles. The molecule has 6 nitrogen and oxygen atoms in total. The summed E-state index contributed by atoms with van der Waals surface area (Å²) in [6, 6.07) is 0. The van der Waals surface area contributed by atoms with Crippen molar-refractivity contribution in [3.63, 3.8) is 0 Å². The number of aliphatic hydroxyl groups is 1. The van der Waals surface area contributed by atoms with Gasteiger partial charge in [0, 0.05) is 22.6 Å². The minimum Gasteiger partial charge on any atom is -0.390 e. The van der Waals surface area contributed by atoms with Crippen LogP contribution in [-0.2, 0) is 6.54 Å². The first-order valence-corrected chi connectivity index (χ1v) is 5.27. The molecular formula is C6H7ClIN3O3. The Kier molecular flexibility index (Phi) is 4.08. The van der Waals surface area contributed by atoms with Crippen molar-refractivity contribution in [1.29, 1.82) is 0 Å².